The Balaban J connectivity index is 0.00000196. The summed E-state index contributed by atoms with van der Waals surface area (Å²) in [6, 6.07) is 5.40. The molecule has 1 unspecified atom stereocenters. The van der Waals surface area contributed by atoms with Crippen LogP contribution in [0.3, 0.4) is 0 Å². The lowest BCUT2D eigenvalue weighted by Crippen LogP contribution is -2.31. The van der Waals surface area contributed by atoms with E-state index in [1.54, 1.807) is 25.3 Å². The summed E-state index contributed by atoms with van der Waals surface area (Å²) in [5.74, 6) is -0.829. The fraction of sp³-hybridized carbons (Fsp3) is 0.222. The highest BCUT2D eigenvalue weighted by atomic mass is 19.1. The van der Waals surface area contributed by atoms with E-state index in [1.165, 1.54) is 12.1 Å². The van der Waals surface area contributed by atoms with Crippen molar-refractivity contribution in [2.45, 2.75) is 25.4 Å². The lowest BCUT2D eigenvalue weighted by atomic mass is 10.00. The molecule has 2 aromatic rings. The first-order valence-corrected chi connectivity index (χ1v) is 7.97. The van der Waals surface area contributed by atoms with Crippen molar-refractivity contribution >= 4 is 12.0 Å². The van der Waals surface area contributed by atoms with E-state index in [-0.39, 0.29) is 26.3 Å². The lowest BCUT2D eigenvalue weighted by Gasteiger charge is -2.18. The van der Waals surface area contributed by atoms with Gasteiger partial charge in [-0.15, -0.1) is 0 Å². The SMILES string of the molecule is C[C@H](NC(=O)Cc1cc2c([nH]c1=O)C=CNC2C#N)c1ccc(F)cn1.[HH].[HH]. The molecule has 0 fully saturated rings. The monoisotopic (exact) mass is 357 g/mol. The van der Waals surface area contributed by atoms with Crippen LogP contribution in [0.25, 0.3) is 6.08 Å². The predicted molar refractivity (Wildman–Crippen MR) is 96.3 cm³/mol. The van der Waals surface area contributed by atoms with Gasteiger partial charge in [-0.05, 0) is 37.4 Å². The Morgan fingerprint density at radius 1 is 1.54 bits per heavy atom. The van der Waals surface area contributed by atoms with E-state index in [0.29, 0.717) is 17.0 Å². The molecular formula is C18H20FN5O2. The Morgan fingerprint density at radius 3 is 3.04 bits per heavy atom. The predicted octanol–water partition coefficient (Wildman–Crippen LogP) is 1.96. The maximum absolute atomic E-state index is 12.9. The third-order valence-corrected chi connectivity index (χ3v) is 4.06. The van der Waals surface area contributed by atoms with Gasteiger partial charge >= 0.3 is 0 Å². The molecule has 0 radical (unpaired) electrons. The molecule has 3 heterocycles. The van der Waals surface area contributed by atoms with Crippen molar-refractivity contribution in [3.05, 3.63) is 69.3 Å². The van der Waals surface area contributed by atoms with Crippen LogP contribution in [0.15, 0.2) is 35.4 Å². The average molecular weight is 357 g/mol. The standard InChI is InChI=1S/C18H16FN5O2.2H2/c1-10(14-3-2-12(19)9-22-14)23-17(25)7-11-6-13-15(24-18(11)26)4-5-21-16(13)8-20;;/h2-6,9-10,16,21H,7H2,1H3,(H,23,25)(H,24,26);2*1H/t10-,16?;;/m0../s1. The molecule has 0 aliphatic carbocycles. The first kappa shape index (κ1) is 17.4. The number of rotatable bonds is 4. The van der Waals surface area contributed by atoms with Gasteiger partial charge in [0.2, 0.25) is 5.91 Å². The molecule has 0 bridgehead atoms. The van der Waals surface area contributed by atoms with Crippen molar-refractivity contribution < 1.29 is 12.0 Å². The molecule has 8 heteroatoms. The summed E-state index contributed by atoms with van der Waals surface area (Å²) in [6.07, 6.45) is 4.19. The molecule has 26 heavy (non-hydrogen) atoms. The number of nitrogens with one attached hydrogen (secondary N) is 3. The van der Waals surface area contributed by atoms with Crippen LogP contribution in [-0.4, -0.2) is 15.9 Å². The van der Waals surface area contributed by atoms with Crippen LogP contribution < -0.4 is 16.2 Å². The average Bonchev–Trinajstić information content (AvgIpc) is 2.62. The van der Waals surface area contributed by atoms with Crippen LogP contribution in [-0.2, 0) is 11.2 Å². The molecule has 136 valence electrons. The van der Waals surface area contributed by atoms with Gasteiger partial charge in [0.1, 0.15) is 11.9 Å². The van der Waals surface area contributed by atoms with Crippen molar-refractivity contribution in [2.75, 3.05) is 0 Å². The zero-order valence-corrected chi connectivity index (χ0v) is 13.9. The van der Waals surface area contributed by atoms with Gasteiger partial charge in [0.05, 0.1) is 30.4 Å². The zero-order valence-electron chi connectivity index (χ0n) is 13.9. The molecule has 0 saturated carbocycles. The zero-order chi connectivity index (χ0) is 18.7. The minimum Gasteiger partial charge on any atom is -0.372 e. The number of amides is 1. The lowest BCUT2D eigenvalue weighted by molar-refractivity contribution is -0.121. The summed E-state index contributed by atoms with van der Waals surface area (Å²) in [5, 5.41) is 14.8. The number of halogens is 1. The third-order valence-electron chi connectivity index (χ3n) is 4.06. The molecule has 2 aromatic heterocycles. The maximum Gasteiger partial charge on any atom is 0.252 e. The molecule has 1 aliphatic heterocycles. The van der Waals surface area contributed by atoms with Crippen LogP contribution in [0.5, 0.6) is 0 Å². The first-order chi connectivity index (χ1) is 12.5. The minimum atomic E-state index is -0.587. The quantitative estimate of drug-likeness (QED) is 0.775. The number of hydrogen-bond donors (Lipinski definition) is 3. The van der Waals surface area contributed by atoms with E-state index in [4.69, 9.17) is 0 Å². The largest absolute Gasteiger partial charge is 0.372 e. The normalized spacial score (nSPS) is 16.1. The third kappa shape index (κ3) is 3.62. The molecule has 2 atom stereocenters. The van der Waals surface area contributed by atoms with E-state index in [9.17, 15) is 19.2 Å². The van der Waals surface area contributed by atoms with Gasteiger partial charge < -0.3 is 15.6 Å². The Kier molecular flexibility index (Phi) is 4.80. The molecule has 1 amide bonds. The van der Waals surface area contributed by atoms with Crippen LogP contribution in [0.4, 0.5) is 4.39 Å². The van der Waals surface area contributed by atoms with Crippen LogP contribution in [0.2, 0.25) is 0 Å². The van der Waals surface area contributed by atoms with Gasteiger partial charge in [0, 0.05) is 19.7 Å². The Hall–Kier alpha value is -3.47. The van der Waals surface area contributed by atoms with Gasteiger partial charge in [-0.25, -0.2) is 4.39 Å². The van der Waals surface area contributed by atoms with E-state index in [2.05, 4.69) is 26.7 Å². The second-order valence-corrected chi connectivity index (χ2v) is 5.92. The number of carbonyl (C=O) groups excluding carboxylic acids is 1. The number of hydrogen-bond acceptors (Lipinski definition) is 5. The highest BCUT2D eigenvalue weighted by molar-refractivity contribution is 5.79. The highest BCUT2D eigenvalue weighted by Crippen LogP contribution is 2.21. The van der Waals surface area contributed by atoms with Crippen molar-refractivity contribution in [1.29, 1.82) is 5.26 Å². The molecule has 3 N–H and O–H groups in total. The van der Waals surface area contributed by atoms with Gasteiger partial charge in [-0.2, -0.15) is 5.26 Å². The Morgan fingerprint density at radius 2 is 2.35 bits per heavy atom. The summed E-state index contributed by atoms with van der Waals surface area (Å²) in [6.45, 7) is 1.72. The molecule has 3 rings (SSSR count). The number of fused-ring (bicyclic) bond motifs is 1. The summed E-state index contributed by atoms with van der Waals surface area (Å²) in [4.78, 5) is 31.1. The van der Waals surface area contributed by atoms with E-state index < -0.39 is 17.9 Å². The molecule has 1 aliphatic rings. The summed E-state index contributed by atoms with van der Waals surface area (Å²) >= 11 is 0. The van der Waals surface area contributed by atoms with Crippen LogP contribution in [0.1, 0.15) is 44.4 Å². The maximum atomic E-state index is 12.9. The van der Waals surface area contributed by atoms with Crippen molar-refractivity contribution in [2.24, 2.45) is 0 Å². The number of pyridine rings is 2. The molecule has 0 spiro atoms. The Labute approximate surface area is 151 Å². The van der Waals surface area contributed by atoms with E-state index in [0.717, 1.165) is 6.20 Å². The number of nitrogens with zero attached hydrogens (tertiary/aromatic N) is 2. The number of H-pyrrole nitrogens is 1. The summed E-state index contributed by atoms with van der Waals surface area (Å²) in [7, 11) is 0. The molecule has 0 aromatic carbocycles. The van der Waals surface area contributed by atoms with Crippen LogP contribution in [0, 0.1) is 17.1 Å². The minimum absolute atomic E-state index is 0. The molecular weight excluding hydrogens is 337 g/mol. The van der Waals surface area contributed by atoms with Gasteiger partial charge in [-0.3, -0.25) is 14.6 Å². The van der Waals surface area contributed by atoms with Gasteiger partial charge in [0.15, 0.2) is 0 Å². The number of aromatic amines is 1. The number of nitriles is 1. The molecule has 7 nitrogen and oxygen atoms in total. The van der Waals surface area contributed by atoms with Gasteiger partial charge in [-0.1, -0.05) is 0 Å². The second kappa shape index (κ2) is 7.19. The van der Waals surface area contributed by atoms with Crippen molar-refractivity contribution in [1.82, 2.24) is 20.6 Å². The topological polar surface area (TPSA) is 111 Å². The summed E-state index contributed by atoms with van der Waals surface area (Å²) < 4.78 is 12.9. The summed E-state index contributed by atoms with van der Waals surface area (Å²) in [5.41, 5.74) is 1.56. The smallest absolute Gasteiger partial charge is 0.252 e. The van der Waals surface area contributed by atoms with Crippen LogP contribution >= 0.6 is 0 Å². The highest BCUT2D eigenvalue weighted by Gasteiger charge is 2.20. The second-order valence-electron chi connectivity index (χ2n) is 5.92. The number of aromatic nitrogens is 2. The van der Waals surface area contributed by atoms with Gasteiger partial charge in [0.25, 0.3) is 5.56 Å². The van der Waals surface area contributed by atoms with Crippen molar-refractivity contribution in [3.63, 3.8) is 0 Å². The van der Waals surface area contributed by atoms with Crippen molar-refractivity contribution in [3.8, 4) is 6.07 Å². The van der Waals surface area contributed by atoms with E-state index >= 15 is 0 Å². The first-order valence-electron chi connectivity index (χ1n) is 7.97. The fourth-order valence-electron chi connectivity index (χ4n) is 2.72. The number of carbonyl (C=O) groups is 1. The molecule has 0 saturated heterocycles. The fourth-order valence-corrected chi connectivity index (χ4v) is 2.72. The Bertz CT molecular complexity index is 969. The van der Waals surface area contributed by atoms with E-state index in [1.807, 2.05) is 0 Å².